The topological polar surface area (TPSA) is 80.5 Å². The van der Waals surface area contributed by atoms with E-state index in [-0.39, 0.29) is 11.9 Å². The average Bonchev–Trinajstić information content (AvgIpc) is 2.94. The molecule has 2 rings (SSSR count). The van der Waals surface area contributed by atoms with Gasteiger partial charge in [0.1, 0.15) is 5.75 Å². The Morgan fingerprint density at radius 3 is 2.71 bits per heavy atom. The third kappa shape index (κ3) is 3.91. The summed E-state index contributed by atoms with van der Waals surface area (Å²) in [4.78, 5) is 18.7. The molecule has 1 unspecified atom stereocenters. The molecule has 0 bridgehead atoms. The van der Waals surface area contributed by atoms with Crippen LogP contribution < -0.4 is 10.1 Å². The van der Waals surface area contributed by atoms with Gasteiger partial charge in [0.05, 0.1) is 24.5 Å². The molecule has 7 nitrogen and oxygen atoms in total. The Kier molecular flexibility index (Phi) is 5.56. The zero-order valence-electron chi connectivity index (χ0n) is 15.0. The lowest BCUT2D eigenvalue weighted by Gasteiger charge is -2.24. The summed E-state index contributed by atoms with van der Waals surface area (Å²) in [5.74, 6) is 1.03. The summed E-state index contributed by atoms with van der Waals surface area (Å²) in [7, 11) is 3.53. The highest BCUT2D eigenvalue weighted by atomic mass is 16.5. The Labute approximate surface area is 142 Å². The quantitative estimate of drug-likeness (QED) is 0.875. The number of amides is 1. The van der Waals surface area contributed by atoms with E-state index in [0.29, 0.717) is 12.4 Å². The Hall–Kier alpha value is -2.41. The van der Waals surface area contributed by atoms with Crippen LogP contribution in [0.15, 0.2) is 16.8 Å². The number of pyridine rings is 1. The lowest BCUT2D eigenvalue weighted by atomic mass is 10.1. The van der Waals surface area contributed by atoms with Crippen molar-refractivity contribution in [2.24, 2.45) is 0 Å². The first-order valence-corrected chi connectivity index (χ1v) is 7.77. The number of ether oxygens (including phenoxy) is 1. The molecule has 0 saturated carbocycles. The van der Waals surface area contributed by atoms with Crippen LogP contribution in [-0.4, -0.2) is 41.1 Å². The Balaban J connectivity index is 2.06. The second kappa shape index (κ2) is 7.44. The SMILES string of the molecule is COc1c(C)cnc(CN(C)C(C)C(=O)Nc2cc(C)no2)c1C. The van der Waals surface area contributed by atoms with Gasteiger partial charge in [-0.25, -0.2) is 0 Å². The predicted molar refractivity (Wildman–Crippen MR) is 91.1 cm³/mol. The molecule has 0 aliphatic heterocycles. The minimum Gasteiger partial charge on any atom is -0.496 e. The highest BCUT2D eigenvalue weighted by molar-refractivity contribution is 5.93. The number of rotatable bonds is 6. The molecule has 24 heavy (non-hydrogen) atoms. The lowest BCUT2D eigenvalue weighted by Crippen LogP contribution is -2.39. The molecule has 0 saturated heterocycles. The fraction of sp³-hybridized carbons (Fsp3) is 0.471. The molecule has 7 heteroatoms. The van der Waals surface area contributed by atoms with E-state index in [0.717, 1.165) is 28.3 Å². The molecule has 0 aliphatic carbocycles. The normalized spacial score (nSPS) is 12.3. The molecule has 0 aliphatic rings. The van der Waals surface area contributed by atoms with Gasteiger partial charge in [0.25, 0.3) is 0 Å². The van der Waals surface area contributed by atoms with Gasteiger partial charge in [-0.05, 0) is 34.7 Å². The number of carbonyl (C=O) groups excluding carboxylic acids is 1. The van der Waals surface area contributed by atoms with Crippen molar-refractivity contribution in [1.29, 1.82) is 0 Å². The smallest absolute Gasteiger partial charge is 0.243 e. The third-order valence-corrected chi connectivity index (χ3v) is 4.06. The van der Waals surface area contributed by atoms with E-state index in [4.69, 9.17) is 9.26 Å². The molecule has 2 aromatic heterocycles. The Bertz CT molecular complexity index is 727. The van der Waals surface area contributed by atoms with Crippen molar-refractivity contribution in [3.05, 3.63) is 34.8 Å². The number of hydrogen-bond acceptors (Lipinski definition) is 6. The van der Waals surface area contributed by atoms with Crippen molar-refractivity contribution >= 4 is 11.8 Å². The fourth-order valence-electron chi connectivity index (χ4n) is 2.45. The van der Waals surface area contributed by atoms with Crippen molar-refractivity contribution in [3.8, 4) is 5.75 Å². The maximum atomic E-state index is 12.3. The van der Waals surface area contributed by atoms with Gasteiger partial charge in [0, 0.05) is 29.9 Å². The first-order valence-electron chi connectivity index (χ1n) is 7.77. The number of likely N-dealkylation sites (N-methyl/N-ethyl adjacent to an activating group) is 1. The highest BCUT2D eigenvalue weighted by Crippen LogP contribution is 2.25. The molecule has 130 valence electrons. The van der Waals surface area contributed by atoms with Gasteiger partial charge in [-0.15, -0.1) is 0 Å². The number of aromatic nitrogens is 2. The summed E-state index contributed by atoms with van der Waals surface area (Å²) in [5, 5.41) is 6.47. The van der Waals surface area contributed by atoms with E-state index in [1.807, 2.05) is 32.7 Å². The first-order chi connectivity index (χ1) is 11.3. The summed E-state index contributed by atoms with van der Waals surface area (Å²) < 4.78 is 10.4. The zero-order chi connectivity index (χ0) is 17.9. The average molecular weight is 332 g/mol. The van der Waals surface area contributed by atoms with Gasteiger partial charge in [-0.2, -0.15) is 0 Å². The van der Waals surface area contributed by atoms with Gasteiger partial charge >= 0.3 is 0 Å². The molecule has 1 amide bonds. The van der Waals surface area contributed by atoms with Crippen LogP contribution in [0.4, 0.5) is 5.88 Å². The molecular formula is C17H24N4O3. The molecule has 2 heterocycles. The van der Waals surface area contributed by atoms with Crippen molar-refractivity contribution in [2.45, 2.75) is 40.3 Å². The number of hydrogen-bond donors (Lipinski definition) is 1. The van der Waals surface area contributed by atoms with Crippen LogP contribution in [0.1, 0.15) is 29.4 Å². The van der Waals surface area contributed by atoms with Gasteiger partial charge in [-0.1, -0.05) is 5.16 Å². The number of carbonyl (C=O) groups is 1. The van der Waals surface area contributed by atoms with Crippen LogP contribution in [0, 0.1) is 20.8 Å². The summed E-state index contributed by atoms with van der Waals surface area (Å²) in [6.45, 7) is 8.10. The van der Waals surface area contributed by atoms with E-state index in [9.17, 15) is 4.79 Å². The third-order valence-electron chi connectivity index (χ3n) is 4.06. The van der Waals surface area contributed by atoms with Gasteiger partial charge in [0.2, 0.25) is 11.8 Å². The van der Waals surface area contributed by atoms with E-state index in [1.165, 1.54) is 0 Å². The van der Waals surface area contributed by atoms with Crippen molar-refractivity contribution in [1.82, 2.24) is 15.0 Å². The van der Waals surface area contributed by atoms with Crippen LogP contribution in [0.25, 0.3) is 0 Å². The van der Waals surface area contributed by atoms with Crippen LogP contribution in [0.3, 0.4) is 0 Å². The Morgan fingerprint density at radius 1 is 1.42 bits per heavy atom. The second-order valence-corrected chi connectivity index (χ2v) is 5.96. The molecule has 0 spiro atoms. The summed E-state index contributed by atoms with van der Waals surface area (Å²) in [6.07, 6.45) is 1.79. The fourth-order valence-corrected chi connectivity index (χ4v) is 2.45. The molecule has 0 radical (unpaired) electrons. The van der Waals surface area contributed by atoms with Crippen LogP contribution in [-0.2, 0) is 11.3 Å². The predicted octanol–water partition coefficient (Wildman–Crippen LogP) is 2.46. The second-order valence-electron chi connectivity index (χ2n) is 5.96. The monoisotopic (exact) mass is 332 g/mol. The maximum Gasteiger partial charge on any atom is 0.243 e. The van der Waals surface area contributed by atoms with Crippen molar-refractivity contribution < 1.29 is 14.1 Å². The van der Waals surface area contributed by atoms with Crippen LogP contribution in [0.5, 0.6) is 5.75 Å². The highest BCUT2D eigenvalue weighted by Gasteiger charge is 2.21. The molecule has 1 N–H and O–H groups in total. The summed E-state index contributed by atoms with van der Waals surface area (Å²) >= 11 is 0. The number of anilines is 1. The molecular weight excluding hydrogens is 308 g/mol. The number of nitrogens with one attached hydrogen (secondary N) is 1. The molecule has 0 aromatic carbocycles. The minimum absolute atomic E-state index is 0.162. The summed E-state index contributed by atoms with van der Waals surface area (Å²) in [6, 6.07) is 1.32. The largest absolute Gasteiger partial charge is 0.496 e. The number of methoxy groups -OCH3 is 1. The molecule has 0 fully saturated rings. The van der Waals surface area contributed by atoms with E-state index < -0.39 is 0 Å². The van der Waals surface area contributed by atoms with Gasteiger partial charge in [0.15, 0.2) is 0 Å². The van der Waals surface area contributed by atoms with Crippen LogP contribution in [0.2, 0.25) is 0 Å². The van der Waals surface area contributed by atoms with E-state index in [2.05, 4.69) is 15.5 Å². The van der Waals surface area contributed by atoms with Gasteiger partial charge < -0.3 is 9.26 Å². The lowest BCUT2D eigenvalue weighted by molar-refractivity contribution is -0.120. The first kappa shape index (κ1) is 17.9. The van der Waals surface area contributed by atoms with Gasteiger partial charge in [-0.3, -0.25) is 20.0 Å². The maximum absolute atomic E-state index is 12.3. The number of nitrogens with zero attached hydrogens (tertiary/aromatic N) is 3. The molecule has 1 atom stereocenters. The van der Waals surface area contributed by atoms with Crippen molar-refractivity contribution in [3.63, 3.8) is 0 Å². The van der Waals surface area contributed by atoms with E-state index in [1.54, 1.807) is 26.3 Å². The van der Waals surface area contributed by atoms with E-state index >= 15 is 0 Å². The Morgan fingerprint density at radius 2 is 2.12 bits per heavy atom. The standard InChI is InChI=1S/C17H24N4O3/c1-10-8-18-14(12(3)16(10)23-6)9-21(5)13(4)17(22)19-15-7-11(2)20-24-15/h7-8,13H,9H2,1-6H3,(H,19,22). The molecule has 2 aromatic rings. The van der Waals surface area contributed by atoms with Crippen molar-refractivity contribution in [2.75, 3.05) is 19.5 Å². The minimum atomic E-state index is -0.357. The summed E-state index contributed by atoms with van der Waals surface area (Å²) in [5.41, 5.74) is 3.59. The number of aryl methyl sites for hydroxylation is 2. The van der Waals surface area contributed by atoms with Crippen LogP contribution >= 0.6 is 0 Å². The zero-order valence-corrected chi connectivity index (χ0v) is 15.0.